The van der Waals surface area contributed by atoms with Gasteiger partial charge in [0.05, 0.1) is 12.6 Å². The summed E-state index contributed by atoms with van der Waals surface area (Å²) in [5.74, 6) is -0.565. The van der Waals surface area contributed by atoms with E-state index < -0.39 is 6.04 Å². The minimum Gasteiger partial charge on any atom is -0.504 e. The number of ether oxygens (including phenoxy) is 1. The lowest BCUT2D eigenvalue weighted by Gasteiger charge is -2.29. The molecule has 6 nitrogen and oxygen atoms in total. The molecule has 0 aliphatic carbocycles. The van der Waals surface area contributed by atoms with Gasteiger partial charge in [-0.3, -0.25) is 4.79 Å². The molecule has 1 amide bonds. The average molecular weight is 296 g/mol. The summed E-state index contributed by atoms with van der Waals surface area (Å²) in [4.78, 5) is 14.1. The zero-order valence-corrected chi connectivity index (χ0v) is 12.7. The fourth-order valence-electron chi connectivity index (χ4n) is 2.06. The second-order valence-electron chi connectivity index (χ2n) is 5.25. The van der Waals surface area contributed by atoms with Crippen LogP contribution in [0.25, 0.3) is 0 Å². The summed E-state index contributed by atoms with van der Waals surface area (Å²) in [5, 5.41) is 18.7. The quantitative estimate of drug-likeness (QED) is 0.648. The molecule has 0 aromatic heterocycles. The maximum atomic E-state index is 12.4. The van der Waals surface area contributed by atoms with E-state index in [2.05, 4.69) is 0 Å². The first-order valence-corrected chi connectivity index (χ1v) is 6.92. The topological polar surface area (TPSA) is 96.0 Å². The fourth-order valence-corrected chi connectivity index (χ4v) is 2.06. The molecular weight excluding hydrogens is 272 g/mol. The van der Waals surface area contributed by atoms with E-state index in [1.165, 1.54) is 12.1 Å². The standard InChI is InChI=1S/C15H24N2O4/c1-10(2)17(6-7-21-3)15(20)12(16)8-11-4-5-13(18)14(19)9-11/h4-5,9-10,12,18-19H,6-8,16H2,1-3H3/t12-/m0/s1. The van der Waals surface area contributed by atoms with E-state index in [4.69, 9.17) is 10.5 Å². The van der Waals surface area contributed by atoms with E-state index in [-0.39, 0.29) is 23.4 Å². The lowest BCUT2D eigenvalue weighted by atomic mass is 10.0. The van der Waals surface area contributed by atoms with Crippen molar-refractivity contribution in [2.45, 2.75) is 32.4 Å². The minimum atomic E-state index is -0.701. The molecule has 0 unspecified atom stereocenters. The molecule has 0 saturated carbocycles. The van der Waals surface area contributed by atoms with E-state index in [9.17, 15) is 15.0 Å². The van der Waals surface area contributed by atoms with E-state index in [1.54, 1.807) is 18.1 Å². The summed E-state index contributed by atoms with van der Waals surface area (Å²) >= 11 is 0. The number of hydrogen-bond acceptors (Lipinski definition) is 5. The maximum absolute atomic E-state index is 12.4. The Morgan fingerprint density at radius 1 is 1.33 bits per heavy atom. The predicted octanol–water partition coefficient (Wildman–Crippen LogP) is 0.851. The third-order valence-corrected chi connectivity index (χ3v) is 3.26. The number of nitrogens with zero attached hydrogens (tertiary/aromatic N) is 1. The first kappa shape index (κ1) is 17.3. The van der Waals surface area contributed by atoms with Gasteiger partial charge in [-0.1, -0.05) is 6.07 Å². The van der Waals surface area contributed by atoms with Gasteiger partial charge in [-0.15, -0.1) is 0 Å². The van der Waals surface area contributed by atoms with E-state index in [1.807, 2.05) is 13.8 Å². The van der Waals surface area contributed by atoms with Crippen molar-refractivity contribution in [3.63, 3.8) is 0 Å². The van der Waals surface area contributed by atoms with Gasteiger partial charge < -0.3 is 25.6 Å². The molecule has 4 N–H and O–H groups in total. The molecule has 1 aromatic carbocycles. The highest BCUT2D eigenvalue weighted by Gasteiger charge is 2.23. The number of carbonyl (C=O) groups is 1. The number of rotatable bonds is 7. The third-order valence-electron chi connectivity index (χ3n) is 3.26. The Morgan fingerprint density at radius 3 is 2.52 bits per heavy atom. The summed E-state index contributed by atoms with van der Waals surface area (Å²) in [5.41, 5.74) is 6.67. The largest absolute Gasteiger partial charge is 0.504 e. The number of methoxy groups -OCH3 is 1. The SMILES string of the molecule is COCCN(C(=O)[C@@H](N)Cc1ccc(O)c(O)c1)C(C)C. The molecule has 0 bridgehead atoms. The van der Waals surface area contributed by atoms with Crippen LogP contribution in [0.1, 0.15) is 19.4 Å². The van der Waals surface area contributed by atoms with Crippen molar-refractivity contribution in [3.8, 4) is 11.5 Å². The van der Waals surface area contributed by atoms with Gasteiger partial charge in [-0.05, 0) is 38.0 Å². The molecule has 1 atom stereocenters. The van der Waals surface area contributed by atoms with Crippen LogP contribution in [0, 0.1) is 0 Å². The Hall–Kier alpha value is -1.79. The van der Waals surface area contributed by atoms with E-state index in [0.717, 1.165) is 0 Å². The Balaban J connectivity index is 2.73. The Morgan fingerprint density at radius 2 is 2.00 bits per heavy atom. The number of phenolic OH excluding ortho intramolecular Hbond substituents is 2. The third kappa shape index (κ3) is 4.91. The first-order valence-electron chi connectivity index (χ1n) is 6.92. The van der Waals surface area contributed by atoms with Crippen LogP contribution in [0.4, 0.5) is 0 Å². The Bertz CT molecular complexity index is 477. The van der Waals surface area contributed by atoms with Crippen LogP contribution >= 0.6 is 0 Å². The number of carbonyl (C=O) groups excluding carboxylic acids is 1. The summed E-state index contributed by atoms with van der Waals surface area (Å²) in [7, 11) is 1.59. The molecule has 6 heteroatoms. The second-order valence-corrected chi connectivity index (χ2v) is 5.25. The number of nitrogens with two attached hydrogens (primary N) is 1. The van der Waals surface area contributed by atoms with Gasteiger partial charge >= 0.3 is 0 Å². The van der Waals surface area contributed by atoms with Gasteiger partial charge in [0, 0.05) is 19.7 Å². The smallest absolute Gasteiger partial charge is 0.240 e. The monoisotopic (exact) mass is 296 g/mol. The number of phenols is 2. The lowest BCUT2D eigenvalue weighted by Crippen LogP contribution is -2.49. The highest BCUT2D eigenvalue weighted by Crippen LogP contribution is 2.25. The molecule has 21 heavy (non-hydrogen) atoms. The van der Waals surface area contributed by atoms with Gasteiger partial charge in [-0.2, -0.15) is 0 Å². The maximum Gasteiger partial charge on any atom is 0.240 e. The van der Waals surface area contributed by atoms with Crippen molar-refractivity contribution in [3.05, 3.63) is 23.8 Å². The van der Waals surface area contributed by atoms with Gasteiger partial charge in [0.1, 0.15) is 0 Å². The van der Waals surface area contributed by atoms with Crippen molar-refractivity contribution < 1.29 is 19.7 Å². The molecule has 0 spiro atoms. The van der Waals surface area contributed by atoms with Crippen LogP contribution in [0.2, 0.25) is 0 Å². The molecule has 0 heterocycles. The fraction of sp³-hybridized carbons (Fsp3) is 0.533. The van der Waals surface area contributed by atoms with Gasteiger partial charge in [-0.25, -0.2) is 0 Å². The number of hydrogen-bond donors (Lipinski definition) is 3. The van der Waals surface area contributed by atoms with Crippen LogP contribution in [0.15, 0.2) is 18.2 Å². The Labute approximate surface area is 125 Å². The summed E-state index contributed by atoms with van der Waals surface area (Å²) < 4.78 is 5.00. The zero-order chi connectivity index (χ0) is 16.0. The molecule has 1 rings (SSSR count). The van der Waals surface area contributed by atoms with Crippen molar-refractivity contribution in [1.29, 1.82) is 0 Å². The second kappa shape index (κ2) is 7.85. The number of amides is 1. The van der Waals surface area contributed by atoms with Gasteiger partial charge in [0.15, 0.2) is 11.5 Å². The van der Waals surface area contributed by atoms with Crippen LogP contribution in [-0.2, 0) is 16.0 Å². The number of benzene rings is 1. The predicted molar refractivity (Wildman–Crippen MR) is 80.2 cm³/mol. The van der Waals surface area contributed by atoms with Crippen molar-refractivity contribution in [2.24, 2.45) is 5.73 Å². The van der Waals surface area contributed by atoms with Crippen LogP contribution in [0.3, 0.4) is 0 Å². The van der Waals surface area contributed by atoms with Crippen LogP contribution in [0.5, 0.6) is 11.5 Å². The van der Waals surface area contributed by atoms with Crippen molar-refractivity contribution >= 4 is 5.91 Å². The van der Waals surface area contributed by atoms with Crippen LogP contribution in [-0.4, -0.2) is 53.4 Å². The van der Waals surface area contributed by atoms with Gasteiger partial charge in [0.25, 0.3) is 0 Å². The average Bonchev–Trinajstić information content (AvgIpc) is 2.42. The summed E-state index contributed by atoms with van der Waals surface area (Å²) in [6.45, 7) is 4.79. The highest BCUT2D eigenvalue weighted by molar-refractivity contribution is 5.82. The molecule has 0 saturated heterocycles. The molecule has 0 radical (unpaired) electrons. The molecular formula is C15H24N2O4. The lowest BCUT2D eigenvalue weighted by molar-refractivity contribution is -0.135. The van der Waals surface area contributed by atoms with Gasteiger partial charge in [0.2, 0.25) is 5.91 Å². The van der Waals surface area contributed by atoms with E-state index in [0.29, 0.717) is 25.1 Å². The molecule has 1 aromatic rings. The summed E-state index contributed by atoms with van der Waals surface area (Å²) in [6.07, 6.45) is 0.295. The summed E-state index contributed by atoms with van der Waals surface area (Å²) in [6, 6.07) is 3.77. The van der Waals surface area contributed by atoms with Crippen molar-refractivity contribution in [2.75, 3.05) is 20.3 Å². The van der Waals surface area contributed by atoms with E-state index >= 15 is 0 Å². The Kier molecular flexibility index (Phi) is 6.45. The van der Waals surface area contributed by atoms with Crippen LogP contribution < -0.4 is 5.73 Å². The molecule has 118 valence electrons. The molecule has 0 fully saturated rings. The molecule has 0 aliphatic heterocycles. The number of aromatic hydroxyl groups is 2. The minimum absolute atomic E-state index is 0.0342. The zero-order valence-electron chi connectivity index (χ0n) is 12.7. The molecule has 0 aliphatic rings. The van der Waals surface area contributed by atoms with Crippen molar-refractivity contribution in [1.82, 2.24) is 4.90 Å². The normalized spacial score (nSPS) is 12.4. The first-order chi connectivity index (χ1) is 9.86. The highest BCUT2D eigenvalue weighted by atomic mass is 16.5.